The molecule has 0 spiro atoms. The number of piperidine rings is 1. The van der Waals surface area contributed by atoms with Crippen molar-refractivity contribution in [3.8, 4) is 0 Å². The lowest BCUT2D eigenvalue weighted by molar-refractivity contribution is 0.0184. The molecule has 1 N–H and O–H groups in total. The fourth-order valence-electron chi connectivity index (χ4n) is 2.46. The first-order valence-electron chi connectivity index (χ1n) is 7.63. The number of nitrogens with zero attached hydrogens (tertiary/aromatic N) is 1. The van der Waals surface area contributed by atoms with Gasteiger partial charge in [0, 0.05) is 13.1 Å². The lowest BCUT2D eigenvalue weighted by atomic mass is 9.97. The number of rotatable bonds is 4. The molecule has 1 aliphatic heterocycles. The Bertz CT molecular complexity index is 300. The first-order chi connectivity index (χ1) is 8.94. The van der Waals surface area contributed by atoms with Gasteiger partial charge < -0.3 is 15.0 Å². The van der Waals surface area contributed by atoms with E-state index in [4.69, 9.17) is 4.74 Å². The molecule has 0 aromatic rings. The number of carbonyl (C=O) groups excluding carboxylic acids is 1. The Labute approximate surface area is 116 Å². The van der Waals surface area contributed by atoms with E-state index in [-0.39, 0.29) is 11.7 Å². The molecule has 0 aromatic carbocycles. The molecule has 0 aromatic heterocycles. The molecule has 0 atom stereocenters. The zero-order valence-electron chi connectivity index (χ0n) is 12.6. The summed E-state index contributed by atoms with van der Waals surface area (Å²) in [5, 5.41) is 3.56. The summed E-state index contributed by atoms with van der Waals surface area (Å²) in [7, 11) is 0. The van der Waals surface area contributed by atoms with Crippen LogP contribution >= 0.6 is 0 Å². The number of likely N-dealkylation sites (tertiary alicyclic amines) is 1. The van der Waals surface area contributed by atoms with Crippen LogP contribution in [0.1, 0.15) is 46.5 Å². The Morgan fingerprint density at radius 3 is 2.11 bits per heavy atom. The molecule has 4 heteroatoms. The van der Waals surface area contributed by atoms with Crippen molar-refractivity contribution >= 4 is 6.09 Å². The molecular weight excluding hydrogens is 240 g/mol. The molecule has 2 rings (SSSR count). The third kappa shape index (κ3) is 5.39. The number of nitrogens with one attached hydrogen (secondary N) is 1. The van der Waals surface area contributed by atoms with E-state index in [1.54, 1.807) is 0 Å². The van der Waals surface area contributed by atoms with Crippen LogP contribution in [-0.4, -0.2) is 42.8 Å². The van der Waals surface area contributed by atoms with E-state index < -0.39 is 0 Å². The zero-order chi connectivity index (χ0) is 13.9. The highest BCUT2D eigenvalue weighted by Gasteiger charge is 2.27. The minimum Gasteiger partial charge on any atom is -0.444 e. The van der Waals surface area contributed by atoms with Gasteiger partial charge in [-0.3, -0.25) is 0 Å². The van der Waals surface area contributed by atoms with Crippen LogP contribution in [0.5, 0.6) is 0 Å². The summed E-state index contributed by atoms with van der Waals surface area (Å²) >= 11 is 0. The van der Waals surface area contributed by atoms with Crippen LogP contribution < -0.4 is 5.32 Å². The van der Waals surface area contributed by atoms with Gasteiger partial charge in [0.1, 0.15) is 5.60 Å². The van der Waals surface area contributed by atoms with Gasteiger partial charge in [-0.25, -0.2) is 4.79 Å². The van der Waals surface area contributed by atoms with Gasteiger partial charge in [-0.1, -0.05) is 0 Å². The maximum Gasteiger partial charge on any atom is 0.410 e. The lowest BCUT2D eigenvalue weighted by Gasteiger charge is -2.33. The molecule has 1 amide bonds. The molecule has 1 saturated heterocycles. The topological polar surface area (TPSA) is 41.6 Å². The van der Waals surface area contributed by atoms with E-state index in [1.807, 2.05) is 25.7 Å². The van der Waals surface area contributed by atoms with Crippen LogP contribution in [-0.2, 0) is 4.74 Å². The Kier molecular flexibility index (Phi) is 4.71. The van der Waals surface area contributed by atoms with Crippen molar-refractivity contribution in [3.05, 3.63) is 0 Å². The quantitative estimate of drug-likeness (QED) is 0.852. The molecule has 0 unspecified atom stereocenters. The Hall–Kier alpha value is -0.770. The minimum atomic E-state index is -0.389. The van der Waals surface area contributed by atoms with Gasteiger partial charge in [-0.2, -0.15) is 0 Å². The maximum atomic E-state index is 11.9. The maximum absolute atomic E-state index is 11.9. The average Bonchev–Trinajstić information content (AvgIpc) is 3.12. The van der Waals surface area contributed by atoms with E-state index >= 15 is 0 Å². The fraction of sp³-hybridized carbons (Fsp3) is 0.933. The lowest BCUT2D eigenvalue weighted by Crippen LogP contribution is -2.43. The summed E-state index contributed by atoms with van der Waals surface area (Å²) in [4.78, 5) is 13.8. The molecule has 1 saturated carbocycles. The van der Waals surface area contributed by atoms with Crippen molar-refractivity contribution in [2.24, 2.45) is 11.8 Å². The number of hydrogen-bond donors (Lipinski definition) is 1. The van der Waals surface area contributed by atoms with Crippen molar-refractivity contribution in [2.45, 2.75) is 52.1 Å². The molecule has 2 fully saturated rings. The highest BCUT2D eigenvalue weighted by molar-refractivity contribution is 5.68. The zero-order valence-corrected chi connectivity index (χ0v) is 12.6. The van der Waals surface area contributed by atoms with Crippen molar-refractivity contribution in [1.29, 1.82) is 0 Å². The fourth-order valence-corrected chi connectivity index (χ4v) is 2.46. The standard InChI is InChI=1S/C15H28N2O2/c1-15(2,3)19-14(18)17-8-6-13(7-9-17)11-16-10-12-4-5-12/h12-13,16H,4-11H2,1-3H3. The Morgan fingerprint density at radius 2 is 1.63 bits per heavy atom. The SMILES string of the molecule is CC(C)(C)OC(=O)N1CCC(CNCC2CC2)CC1. The molecular formula is C15H28N2O2. The van der Waals surface area contributed by atoms with E-state index in [2.05, 4.69) is 5.32 Å². The summed E-state index contributed by atoms with van der Waals surface area (Å²) in [6, 6.07) is 0. The number of amides is 1. The second-order valence-corrected chi connectivity index (χ2v) is 7.01. The van der Waals surface area contributed by atoms with Crippen molar-refractivity contribution in [3.63, 3.8) is 0 Å². The largest absolute Gasteiger partial charge is 0.444 e. The van der Waals surface area contributed by atoms with Crippen LogP contribution in [0, 0.1) is 11.8 Å². The van der Waals surface area contributed by atoms with Crippen LogP contribution in [0.2, 0.25) is 0 Å². The van der Waals surface area contributed by atoms with Gasteiger partial charge in [0.05, 0.1) is 0 Å². The van der Waals surface area contributed by atoms with Crippen molar-refractivity contribution in [2.75, 3.05) is 26.2 Å². The number of ether oxygens (including phenoxy) is 1. The van der Waals surface area contributed by atoms with Gasteiger partial charge in [-0.05, 0) is 71.4 Å². The molecule has 110 valence electrons. The molecule has 0 bridgehead atoms. The Morgan fingerprint density at radius 1 is 1.11 bits per heavy atom. The molecule has 2 aliphatic rings. The van der Waals surface area contributed by atoms with Gasteiger partial charge in [0.15, 0.2) is 0 Å². The molecule has 19 heavy (non-hydrogen) atoms. The second-order valence-electron chi connectivity index (χ2n) is 7.01. The van der Waals surface area contributed by atoms with Gasteiger partial charge >= 0.3 is 6.09 Å². The summed E-state index contributed by atoms with van der Waals surface area (Å²) in [6.07, 6.45) is 4.85. The predicted octanol–water partition coefficient (Wildman–Crippen LogP) is 2.63. The number of carbonyl (C=O) groups is 1. The minimum absolute atomic E-state index is 0.156. The second kappa shape index (κ2) is 6.12. The van der Waals surface area contributed by atoms with Crippen LogP contribution in [0.4, 0.5) is 4.79 Å². The monoisotopic (exact) mass is 268 g/mol. The summed E-state index contributed by atoms with van der Waals surface area (Å²) in [5.41, 5.74) is -0.389. The van der Waals surface area contributed by atoms with Crippen molar-refractivity contribution < 1.29 is 9.53 Å². The predicted molar refractivity (Wildman–Crippen MR) is 76.1 cm³/mol. The van der Waals surface area contributed by atoms with E-state index in [0.29, 0.717) is 0 Å². The summed E-state index contributed by atoms with van der Waals surface area (Å²) in [5.74, 6) is 1.67. The first kappa shape index (κ1) is 14.6. The highest BCUT2D eigenvalue weighted by Crippen LogP contribution is 2.27. The van der Waals surface area contributed by atoms with Gasteiger partial charge in [-0.15, -0.1) is 0 Å². The van der Waals surface area contributed by atoms with E-state index in [1.165, 1.54) is 19.4 Å². The van der Waals surface area contributed by atoms with Gasteiger partial charge in [0.25, 0.3) is 0 Å². The van der Waals surface area contributed by atoms with E-state index in [9.17, 15) is 4.79 Å². The molecule has 4 nitrogen and oxygen atoms in total. The molecule has 1 aliphatic carbocycles. The van der Waals surface area contributed by atoms with E-state index in [0.717, 1.165) is 44.3 Å². The van der Waals surface area contributed by atoms with Crippen LogP contribution in [0.25, 0.3) is 0 Å². The molecule has 1 heterocycles. The normalized spacial score (nSPS) is 21.5. The highest BCUT2D eigenvalue weighted by atomic mass is 16.6. The van der Waals surface area contributed by atoms with Crippen LogP contribution in [0.15, 0.2) is 0 Å². The third-order valence-corrected chi connectivity index (χ3v) is 3.83. The van der Waals surface area contributed by atoms with Crippen molar-refractivity contribution in [1.82, 2.24) is 10.2 Å². The smallest absolute Gasteiger partial charge is 0.410 e. The number of hydrogen-bond acceptors (Lipinski definition) is 3. The Balaban J connectivity index is 1.62. The summed E-state index contributed by atoms with van der Waals surface area (Å²) in [6.45, 7) is 9.72. The molecule has 0 radical (unpaired) electrons. The summed E-state index contributed by atoms with van der Waals surface area (Å²) < 4.78 is 5.40. The third-order valence-electron chi connectivity index (χ3n) is 3.83. The van der Waals surface area contributed by atoms with Crippen LogP contribution in [0.3, 0.4) is 0 Å². The first-order valence-corrected chi connectivity index (χ1v) is 7.63. The van der Waals surface area contributed by atoms with Gasteiger partial charge in [0.2, 0.25) is 0 Å². The average molecular weight is 268 g/mol.